The summed E-state index contributed by atoms with van der Waals surface area (Å²) >= 11 is 1.60. The molecule has 0 aliphatic heterocycles. The van der Waals surface area contributed by atoms with Gasteiger partial charge in [0.1, 0.15) is 0 Å². The van der Waals surface area contributed by atoms with E-state index >= 15 is 0 Å². The zero-order valence-electron chi connectivity index (χ0n) is 7.63. The van der Waals surface area contributed by atoms with E-state index in [1.165, 1.54) is 0 Å². The van der Waals surface area contributed by atoms with E-state index in [1.807, 2.05) is 15.5 Å². The van der Waals surface area contributed by atoms with Crippen molar-refractivity contribution in [1.82, 2.24) is 14.5 Å². The zero-order valence-corrected chi connectivity index (χ0v) is 8.44. The molecule has 0 unspecified atom stereocenters. The summed E-state index contributed by atoms with van der Waals surface area (Å²) in [5.41, 5.74) is 3.77. The van der Waals surface area contributed by atoms with Crippen molar-refractivity contribution in [3.05, 3.63) is 34.8 Å². The molecule has 0 radical (unpaired) electrons. The highest BCUT2D eigenvalue weighted by atomic mass is 32.1. The minimum Gasteiger partial charge on any atom is -0.390 e. The number of aliphatic hydroxyl groups excluding tert-OH is 1. The minimum atomic E-state index is 0.0388. The van der Waals surface area contributed by atoms with Crippen LogP contribution in [0.3, 0.4) is 0 Å². The lowest BCUT2D eigenvalue weighted by Gasteiger charge is -2.03. The quantitative estimate of drug-likeness (QED) is 0.819. The monoisotopic (exact) mass is 209 g/mol. The fourth-order valence-corrected chi connectivity index (χ4v) is 1.87. The summed E-state index contributed by atoms with van der Waals surface area (Å²) in [6.45, 7) is 0.858. The lowest BCUT2D eigenvalue weighted by molar-refractivity contribution is 0.270. The van der Waals surface area contributed by atoms with Crippen LogP contribution in [0.2, 0.25) is 0 Å². The Hall–Kier alpha value is -1.20. The predicted molar refractivity (Wildman–Crippen MR) is 54.0 cm³/mol. The number of nitrogens with zero attached hydrogens (tertiary/aromatic N) is 3. The highest BCUT2D eigenvalue weighted by Crippen LogP contribution is 2.05. The molecule has 0 atom stereocenters. The molecule has 0 fully saturated rings. The van der Waals surface area contributed by atoms with Crippen LogP contribution in [0.4, 0.5) is 0 Å². The van der Waals surface area contributed by atoms with Gasteiger partial charge in [-0.3, -0.25) is 0 Å². The SMILES string of the molecule is OCc1cncn1CCc1cscn1. The van der Waals surface area contributed by atoms with Crippen LogP contribution in [-0.4, -0.2) is 19.6 Å². The van der Waals surface area contributed by atoms with Gasteiger partial charge < -0.3 is 9.67 Å². The topological polar surface area (TPSA) is 50.9 Å². The molecule has 0 aliphatic carbocycles. The minimum absolute atomic E-state index is 0.0388. The van der Waals surface area contributed by atoms with E-state index in [1.54, 1.807) is 23.9 Å². The average Bonchev–Trinajstić information content (AvgIpc) is 2.85. The van der Waals surface area contributed by atoms with E-state index in [2.05, 4.69) is 9.97 Å². The molecule has 0 spiro atoms. The molecule has 4 nitrogen and oxygen atoms in total. The molecule has 0 aliphatic rings. The van der Waals surface area contributed by atoms with Crippen LogP contribution in [0.5, 0.6) is 0 Å². The van der Waals surface area contributed by atoms with Crippen LogP contribution >= 0.6 is 11.3 Å². The van der Waals surface area contributed by atoms with Crippen molar-refractivity contribution in [2.24, 2.45) is 0 Å². The Bertz CT molecular complexity index is 382. The maximum atomic E-state index is 8.99. The Labute approximate surface area is 85.9 Å². The fourth-order valence-electron chi connectivity index (χ4n) is 1.28. The molecule has 2 aromatic heterocycles. The summed E-state index contributed by atoms with van der Waals surface area (Å²) in [5, 5.41) is 11.0. The predicted octanol–water partition coefficient (Wildman–Crippen LogP) is 1.07. The molecule has 74 valence electrons. The number of imidazole rings is 1. The number of thiazole rings is 1. The van der Waals surface area contributed by atoms with Crippen molar-refractivity contribution in [3.8, 4) is 0 Å². The zero-order chi connectivity index (χ0) is 9.80. The summed E-state index contributed by atoms with van der Waals surface area (Å²) in [6, 6.07) is 0. The van der Waals surface area contributed by atoms with Gasteiger partial charge in [0.25, 0.3) is 0 Å². The lowest BCUT2D eigenvalue weighted by Crippen LogP contribution is -2.04. The molecule has 2 heterocycles. The summed E-state index contributed by atoms with van der Waals surface area (Å²) in [7, 11) is 0. The van der Waals surface area contributed by atoms with E-state index < -0.39 is 0 Å². The maximum absolute atomic E-state index is 8.99. The second-order valence-electron chi connectivity index (χ2n) is 2.97. The van der Waals surface area contributed by atoms with E-state index in [0.29, 0.717) is 0 Å². The molecule has 2 aromatic rings. The Morgan fingerprint density at radius 2 is 2.43 bits per heavy atom. The molecule has 1 N–H and O–H groups in total. The Balaban J connectivity index is 1.98. The van der Waals surface area contributed by atoms with E-state index in [-0.39, 0.29) is 6.61 Å². The van der Waals surface area contributed by atoms with Gasteiger partial charge in [0.2, 0.25) is 0 Å². The van der Waals surface area contributed by atoms with Gasteiger partial charge in [-0.25, -0.2) is 9.97 Å². The van der Waals surface area contributed by atoms with Crippen LogP contribution in [0.25, 0.3) is 0 Å². The average molecular weight is 209 g/mol. The van der Waals surface area contributed by atoms with Gasteiger partial charge in [-0.2, -0.15) is 0 Å². The molecule has 0 amide bonds. The van der Waals surface area contributed by atoms with E-state index in [0.717, 1.165) is 24.4 Å². The van der Waals surface area contributed by atoms with Gasteiger partial charge in [0.05, 0.1) is 36.0 Å². The normalized spacial score (nSPS) is 10.6. The number of rotatable bonds is 4. The van der Waals surface area contributed by atoms with Crippen molar-refractivity contribution in [1.29, 1.82) is 0 Å². The second kappa shape index (κ2) is 4.34. The van der Waals surface area contributed by atoms with Crippen LogP contribution in [-0.2, 0) is 19.6 Å². The summed E-state index contributed by atoms with van der Waals surface area (Å²) in [6.07, 6.45) is 4.30. The smallest absolute Gasteiger partial charge is 0.0948 e. The molecule has 14 heavy (non-hydrogen) atoms. The van der Waals surface area contributed by atoms with Crippen molar-refractivity contribution < 1.29 is 5.11 Å². The van der Waals surface area contributed by atoms with Gasteiger partial charge in [-0.05, 0) is 0 Å². The van der Waals surface area contributed by atoms with Crippen LogP contribution in [0, 0.1) is 0 Å². The van der Waals surface area contributed by atoms with Crippen molar-refractivity contribution in [2.75, 3.05) is 0 Å². The van der Waals surface area contributed by atoms with Crippen LogP contribution in [0.1, 0.15) is 11.4 Å². The van der Waals surface area contributed by atoms with E-state index in [9.17, 15) is 0 Å². The van der Waals surface area contributed by atoms with Crippen molar-refractivity contribution >= 4 is 11.3 Å². The standard InChI is InChI=1S/C9H11N3OS/c13-4-9-3-10-6-12(9)2-1-8-5-14-7-11-8/h3,5-7,13H,1-2,4H2. The Kier molecular flexibility index (Phi) is 2.90. The number of aromatic nitrogens is 3. The maximum Gasteiger partial charge on any atom is 0.0948 e. The van der Waals surface area contributed by atoms with Gasteiger partial charge in [0, 0.05) is 18.3 Å². The first kappa shape index (κ1) is 9.36. The summed E-state index contributed by atoms with van der Waals surface area (Å²) < 4.78 is 1.94. The first-order chi connectivity index (χ1) is 6.90. The molecule has 0 saturated carbocycles. The molecule has 0 saturated heterocycles. The van der Waals surface area contributed by atoms with Gasteiger partial charge in [-0.15, -0.1) is 11.3 Å². The van der Waals surface area contributed by atoms with Crippen molar-refractivity contribution in [2.45, 2.75) is 19.6 Å². The molecular formula is C9H11N3OS. The molecule has 0 bridgehead atoms. The highest BCUT2D eigenvalue weighted by molar-refractivity contribution is 7.07. The third-order valence-corrected chi connectivity index (χ3v) is 2.69. The first-order valence-electron chi connectivity index (χ1n) is 4.37. The third-order valence-electron chi connectivity index (χ3n) is 2.05. The first-order valence-corrected chi connectivity index (χ1v) is 5.31. The van der Waals surface area contributed by atoms with Gasteiger partial charge in [-0.1, -0.05) is 0 Å². The largest absolute Gasteiger partial charge is 0.390 e. The Morgan fingerprint density at radius 3 is 3.14 bits per heavy atom. The van der Waals surface area contributed by atoms with E-state index in [4.69, 9.17) is 5.11 Å². The fraction of sp³-hybridized carbons (Fsp3) is 0.333. The summed E-state index contributed by atoms with van der Waals surface area (Å²) in [4.78, 5) is 8.17. The molecule has 2 rings (SSSR count). The van der Waals surface area contributed by atoms with Gasteiger partial charge in [0.15, 0.2) is 0 Å². The third kappa shape index (κ3) is 2.00. The molecule has 0 aromatic carbocycles. The Morgan fingerprint density at radius 1 is 1.50 bits per heavy atom. The number of hydrogen-bond acceptors (Lipinski definition) is 4. The highest BCUT2D eigenvalue weighted by Gasteiger charge is 2.01. The number of aryl methyl sites for hydroxylation is 2. The second-order valence-corrected chi connectivity index (χ2v) is 3.68. The molecular weight excluding hydrogens is 198 g/mol. The van der Waals surface area contributed by atoms with Gasteiger partial charge >= 0.3 is 0 Å². The van der Waals surface area contributed by atoms with Crippen LogP contribution in [0.15, 0.2) is 23.4 Å². The summed E-state index contributed by atoms with van der Waals surface area (Å²) in [5.74, 6) is 0. The lowest BCUT2D eigenvalue weighted by atomic mass is 10.3. The number of aliphatic hydroxyl groups is 1. The van der Waals surface area contributed by atoms with Crippen molar-refractivity contribution in [3.63, 3.8) is 0 Å². The number of hydrogen-bond donors (Lipinski definition) is 1. The molecule has 5 heteroatoms. The van der Waals surface area contributed by atoms with Crippen LogP contribution < -0.4 is 0 Å².